The molecule has 20 heavy (non-hydrogen) atoms. The number of thioether (sulfide) groups is 1. The molecule has 4 nitrogen and oxygen atoms in total. The molecule has 3 rings (SSSR count). The third-order valence-electron chi connectivity index (χ3n) is 3.77. The average Bonchev–Trinajstić information content (AvgIpc) is 2.98. The van der Waals surface area contributed by atoms with E-state index in [0.717, 1.165) is 42.5 Å². The average molecular weight is 289 g/mol. The molecule has 1 atom stereocenters. The van der Waals surface area contributed by atoms with E-state index in [0.29, 0.717) is 0 Å². The monoisotopic (exact) mass is 289 g/mol. The molecule has 0 bridgehead atoms. The Morgan fingerprint density at radius 2 is 1.90 bits per heavy atom. The quantitative estimate of drug-likeness (QED) is 0.824. The molecule has 0 saturated carbocycles. The van der Waals surface area contributed by atoms with E-state index in [1.54, 1.807) is 11.8 Å². The van der Waals surface area contributed by atoms with E-state index in [-0.39, 0.29) is 11.9 Å². The number of hydrogen-bond acceptors (Lipinski definition) is 4. The molecule has 1 saturated heterocycles. The third kappa shape index (κ3) is 2.88. The molecule has 2 heterocycles. The fourth-order valence-corrected chi connectivity index (χ4v) is 3.51. The van der Waals surface area contributed by atoms with Crippen LogP contribution in [0.5, 0.6) is 0 Å². The van der Waals surface area contributed by atoms with E-state index >= 15 is 0 Å². The topological polar surface area (TPSA) is 35.9 Å². The zero-order chi connectivity index (χ0) is 13.9. The fraction of sp³-hybridized carbons (Fsp3) is 0.467. The first-order valence-electron chi connectivity index (χ1n) is 6.97. The van der Waals surface area contributed by atoms with Crippen molar-refractivity contribution in [2.75, 3.05) is 39.0 Å². The lowest BCUT2D eigenvalue weighted by Gasteiger charge is -2.33. The summed E-state index contributed by atoms with van der Waals surface area (Å²) < 4.78 is 0. The van der Waals surface area contributed by atoms with Crippen LogP contribution in [0.15, 0.2) is 35.3 Å². The van der Waals surface area contributed by atoms with Gasteiger partial charge in [-0.05, 0) is 7.05 Å². The first-order valence-corrected chi connectivity index (χ1v) is 7.96. The van der Waals surface area contributed by atoms with Crippen LogP contribution in [0, 0.1) is 0 Å². The number of aliphatic imine (C=N–C) groups is 1. The lowest BCUT2D eigenvalue weighted by Crippen LogP contribution is -2.50. The van der Waals surface area contributed by atoms with Crippen molar-refractivity contribution in [2.45, 2.75) is 6.04 Å². The van der Waals surface area contributed by atoms with Crippen LogP contribution in [0.3, 0.4) is 0 Å². The molecule has 106 valence electrons. The van der Waals surface area contributed by atoms with Crippen LogP contribution >= 0.6 is 11.8 Å². The molecular formula is C15H19N3OS. The maximum absolute atomic E-state index is 12.5. The summed E-state index contributed by atoms with van der Waals surface area (Å²) >= 11 is 1.69. The molecule has 0 aliphatic carbocycles. The Hall–Kier alpha value is -1.33. The number of carbonyl (C=O) groups is 1. The number of amides is 1. The van der Waals surface area contributed by atoms with Crippen LogP contribution in [0.1, 0.15) is 5.56 Å². The van der Waals surface area contributed by atoms with Gasteiger partial charge in [0.05, 0.1) is 5.04 Å². The standard InChI is InChI=1S/C15H19N3OS/c1-17-7-9-18(10-8-17)15(19)13-11-20-14(16-13)12-5-3-2-4-6-12/h2-6,13H,7-11H2,1H3. The minimum atomic E-state index is -0.196. The molecule has 1 aromatic carbocycles. The summed E-state index contributed by atoms with van der Waals surface area (Å²) in [5.74, 6) is 0.964. The minimum Gasteiger partial charge on any atom is -0.338 e. The first kappa shape index (κ1) is 13.6. The van der Waals surface area contributed by atoms with Gasteiger partial charge in [-0.25, -0.2) is 0 Å². The zero-order valence-electron chi connectivity index (χ0n) is 11.7. The van der Waals surface area contributed by atoms with Crippen molar-refractivity contribution >= 4 is 22.7 Å². The summed E-state index contributed by atoms with van der Waals surface area (Å²) in [4.78, 5) is 21.3. The molecule has 1 aromatic rings. The Morgan fingerprint density at radius 3 is 2.60 bits per heavy atom. The van der Waals surface area contributed by atoms with E-state index in [2.05, 4.69) is 29.1 Å². The number of rotatable bonds is 2. The van der Waals surface area contributed by atoms with Gasteiger partial charge in [0.2, 0.25) is 5.91 Å². The van der Waals surface area contributed by atoms with Crippen LogP contribution in [-0.4, -0.2) is 65.8 Å². The molecule has 0 N–H and O–H groups in total. The number of carbonyl (C=O) groups excluding carboxylic acids is 1. The van der Waals surface area contributed by atoms with Gasteiger partial charge in [0.1, 0.15) is 6.04 Å². The molecule has 2 aliphatic heterocycles. The smallest absolute Gasteiger partial charge is 0.248 e. The van der Waals surface area contributed by atoms with Crippen molar-refractivity contribution in [3.8, 4) is 0 Å². The predicted octanol–water partition coefficient (Wildman–Crippen LogP) is 1.32. The SMILES string of the molecule is CN1CCN(C(=O)C2CSC(c3ccccc3)=N2)CC1. The number of piperazine rings is 1. The summed E-state index contributed by atoms with van der Waals surface area (Å²) in [5.41, 5.74) is 1.12. The summed E-state index contributed by atoms with van der Waals surface area (Å²) in [6, 6.07) is 9.92. The van der Waals surface area contributed by atoms with Gasteiger partial charge < -0.3 is 9.80 Å². The lowest BCUT2D eigenvalue weighted by molar-refractivity contribution is -0.133. The second kappa shape index (κ2) is 5.97. The Labute approximate surface area is 123 Å². The van der Waals surface area contributed by atoms with E-state index in [1.807, 2.05) is 23.1 Å². The number of likely N-dealkylation sites (N-methyl/N-ethyl adjacent to an activating group) is 1. The van der Waals surface area contributed by atoms with Gasteiger partial charge in [-0.2, -0.15) is 0 Å². The molecule has 1 amide bonds. The second-order valence-electron chi connectivity index (χ2n) is 5.26. The molecule has 2 aliphatic rings. The summed E-state index contributed by atoms with van der Waals surface area (Å²) in [5, 5.41) is 0.998. The Morgan fingerprint density at radius 1 is 1.20 bits per heavy atom. The van der Waals surface area contributed by atoms with Crippen LogP contribution < -0.4 is 0 Å². The van der Waals surface area contributed by atoms with Crippen molar-refractivity contribution in [2.24, 2.45) is 4.99 Å². The van der Waals surface area contributed by atoms with Crippen LogP contribution in [-0.2, 0) is 4.79 Å². The molecule has 5 heteroatoms. The molecule has 0 radical (unpaired) electrons. The van der Waals surface area contributed by atoms with Crippen molar-refractivity contribution in [3.05, 3.63) is 35.9 Å². The van der Waals surface area contributed by atoms with Gasteiger partial charge in [-0.3, -0.25) is 9.79 Å². The van der Waals surface area contributed by atoms with Crippen LogP contribution in [0.2, 0.25) is 0 Å². The molecule has 1 fully saturated rings. The number of nitrogens with zero attached hydrogens (tertiary/aromatic N) is 3. The van der Waals surface area contributed by atoms with E-state index in [1.165, 1.54) is 0 Å². The summed E-state index contributed by atoms with van der Waals surface area (Å²) in [6.45, 7) is 3.57. The largest absolute Gasteiger partial charge is 0.338 e. The zero-order valence-corrected chi connectivity index (χ0v) is 12.5. The van der Waals surface area contributed by atoms with Gasteiger partial charge in [0.15, 0.2) is 0 Å². The maximum atomic E-state index is 12.5. The number of hydrogen-bond donors (Lipinski definition) is 0. The minimum absolute atomic E-state index is 0.191. The summed E-state index contributed by atoms with van der Waals surface area (Å²) in [6.07, 6.45) is 0. The second-order valence-corrected chi connectivity index (χ2v) is 6.26. The van der Waals surface area contributed by atoms with Gasteiger partial charge in [-0.15, -0.1) is 11.8 Å². The van der Waals surface area contributed by atoms with Crippen molar-refractivity contribution in [3.63, 3.8) is 0 Å². The Balaban J connectivity index is 1.67. The Bertz CT molecular complexity index is 509. The van der Waals surface area contributed by atoms with E-state index in [9.17, 15) is 4.79 Å². The molecular weight excluding hydrogens is 270 g/mol. The summed E-state index contributed by atoms with van der Waals surface area (Å²) in [7, 11) is 2.10. The Kier molecular flexibility index (Phi) is 4.08. The molecule has 0 spiro atoms. The van der Waals surface area contributed by atoms with E-state index in [4.69, 9.17) is 0 Å². The number of benzene rings is 1. The fourth-order valence-electron chi connectivity index (χ4n) is 2.48. The highest BCUT2D eigenvalue weighted by atomic mass is 32.2. The highest BCUT2D eigenvalue weighted by Gasteiger charge is 2.30. The third-order valence-corrected chi connectivity index (χ3v) is 4.87. The molecule has 0 aromatic heterocycles. The maximum Gasteiger partial charge on any atom is 0.248 e. The molecule has 1 unspecified atom stereocenters. The highest BCUT2D eigenvalue weighted by Crippen LogP contribution is 2.24. The van der Waals surface area contributed by atoms with Gasteiger partial charge >= 0.3 is 0 Å². The van der Waals surface area contributed by atoms with Gasteiger partial charge in [0, 0.05) is 37.5 Å². The van der Waals surface area contributed by atoms with Crippen LogP contribution in [0.4, 0.5) is 0 Å². The predicted molar refractivity (Wildman–Crippen MR) is 83.3 cm³/mol. The van der Waals surface area contributed by atoms with Crippen molar-refractivity contribution < 1.29 is 4.79 Å². The van der Waals surface area contributed by atoms with Crippen LogP contribution in [0.25, 0.3) is 0 Å². The van der Waals surface area contributed by atoms with Gasteiger partial charge in [-0.1, -0.05) is 30.3 Å². The highest BCUT2D eigenvalue weighted by molar-refractivity contribution is 8.14. The lowest BCUT2D eigenvalue weighted by atomic mass is 10.2. The van der Waals surface area contributed by atoms with E-state index < -0.39 is 0 Å². The normalized spacial score (nSPS) is 23.8. The van der Waals surface area contributed by atoms with Gasteiger partial charge in [0.25, 0.3) is 0 Å². The van der Waals surface area contributed by atoms with Crippen molar-refractivity contribution in [1.82, 2.24) is 9.80 Å². The first-order chi connectivity index (χ1) is 9.74. The van der Waals surface area contributed by atoms with Crippen molar-refractivity contribution in [1.29, 1.82) is 0 Å².